The molecule has 2 aromatic rings. The van der Waals surface area contributed by atoms with Crippen LogP contribution >= 0.6 is 15.9 Å². The van der Waals surface area contributed by atoms with Crippen molar-refractivity contribution in [1.82, 2.24) is 0 Å². The first-order chi connectivity index (χ1) is 12.8. The summed E-state index contributed by atoms with van der Waals surface area (Å²) >= 11 is 3.27. The van der Waals surface area contributed by atoms with Gasteiger partial charge in [0.05, 0.1) is 25.2 Å². The highest BCUT2D eigenvalue weighted by molar-refractivity contribution is 9.10. The molecule has 2 rings (SSSR count). The number of amides is 1. The Morgan fingerprint density at radius 2 is 1.81 bits per heavy atom. The van der Waals surface area contributed by atoms with E-state index in [1.807, 2.05) is 0 Å². The van der Waals surface area contributed by atoms with E-state index in [2.05, 4.69) is 21.2 Å². The SMILES string of the molecule is COc1cc(C(=O)OCC(=O)Nc2cccc(Br)c2)c([N+](=O)[O-])cc1OC. The van der Waals surface area contributed by atoms with Crippen LogP contribution in [0.3, 0.4) is 0 Å². The number of nitro groups is 1. The van der Waals surface area contributed by atoms with Crippen LogP contribution in [0, 0.1) is 10.1 Å². The van der Waals surface area contributed by atoms with Crippen molar-refractivity contribution in [3.63, 3.8) is 0 Å². The van der Waals surface area contributed by atoms with E-state index in [1.165, 1.54) is 14.2 Å². The maximum Gasteiger partial charge on any atom is 0.345 e. The highest BCUT2D eigenvalue weighted by Gasteiger charge is 2.26. The third kappa shape index (κ3) is 5.17. The molecule has 0 fully saturated rings. The Bertz CT molecular complexity index is 886. The average Bonchev–Trinajstić information content (AvgIpc) is 2.64. The molecule has 0 spiro atoms. The van der Waals surface area contributed by atoms with Gasteiger partial charge < -0.3 is 19.5 Å². The molecule has 1 N–H and O–H groups in total. The fourth-order valence-corrected chi connectivity index (χ4v) is 2.55. The van der Waals surface area contributed by atoms with Gasteiger partial charge in [0.1, 0.15) is 5.56 Å². The summed E-state index contributed by atoms with van der Waals surface area (Å²) < 4.78 is 15.7. The average molecular weight is 439 g/mol. The van der Waals surface area contributed by atoms with E-state index in [0.29, 0.717) is 5.69 Å². The maximum atomic E-state index is 12.2. The zero-order valence-corrected chi connectivity index (χ0v) is 15.9. The minimum Gasteiger partial charge on any atom is -0.493 e. The Morgan fingerprint density at radius 1 is 1.15 bits per heavy atom. The number of ether oxygens (including phenoxy) is 3. The number of methoxy groups -OCH3 is 2. The molecule has 0 saturated heterocycles. The molecular formula is C17H15BrN2O7. The van der Waals surface area contributed by atoms with Gasteiger partial charge in [-0.2, -0.15) is 0 Å². The number of rotatable bonds is 7. The number of carbonyl (C=O) groups is 2. The van der Waals surface area contributed by atoms with Gasteiger partial charge in [0.25, 0.3) is 11.6 Å². The summed E-state index contributed by atoms with van der Waals surface area (Å²) in [6.07, 6.45) is 0. The predicted molar refractivity (Wildman–Crippen MR) is 99.3 cm³/mol. The van der Waals surface area contributed by atoms with Gasteiger partial charge in [0.15, 0.2) is 18.1 Å². The molecule has 142 valence electrons. The minimum absolute atomic E-state index is 0.0909. The lowest BCUT2D eigenvalue weighted by molar-refractivity contribution is -0.385. The van der Waals surface area contributed by atoms with E-state index in [9.17, 15) is 19.7 Å². The molecule has 1 amide bonds. The van der Waals surface area contributed by atoms with E-state index < -0.39 is 29.1 Å². The second kappa shape index (κ2) is 8.99. The van der Waals surface area contributed by atoms with Gasteiger partial charge in [-0.3, -0.25) is 14.9 Å². The van der Waals surface area contributed by atoms with Crippen LogP contribution in [0.5, 0.6) is 11.5 Å². The molecule has 0 atom stereocenters. The van der Waals surface area contributed by atoms with Crippen LogP contribution < -0.4 is 14.8 Å². The molecule has 2 aromatic carbocycles. The molecule has 27 heavy (non-hydrogen) atoms. The standard InChI is InChI=1S/C17H15BrN2O7/c1-25-14-7-12(13(20(23)24)8-15(14)26-2)17(22)27-9-16(21)19-11-5-3-4-10(18)6-11/h3-8H,9H2,1-2H3,(H,19,21). The number of nitro benzene ring substituents is 1. The number of anilines is 1. The van der Waals surface area contributed by atoms with E-state index in [-0.39, 0.29) is 17.1 Å². The zero-order chi connectivity index (χ0) is 20.0. The quantitative estimate of drug-likeness (QED) is 0.400. The number of halogens is 1. The summed E-state index contributed by atoms with van der Waals surface area (Å²) in [7, 11) is 2.64. The van der Waals surface area contributed by atoms with Crippen molar-refractivity contribution in [1.29, 1.82) is 0 Å². The minimum atomic E-state index is -1.04. The molecule has 0 saturated carbocycles. The van der Waals surface area contributed by atoms with Gasteiger partial charge in [0, 0.05) is 16.2 Å². The third-order valence-corrected chi connectivity index (χ3v) is 3.85. The summed E-state index contributed by atoms with van der Waals surface area (Å²) in [5.41, 5.74) is -0.375. The molecular weight excluding hydrogens is 424 g/mol. The molecule has 0 bridgehead atoms. The van der Waals surface area contributed by atoms with Crippen LogP contribution in [-0.4, -0.2) is 37.6 Å². The largest absolute Gasteiger partial charge is 0.493 e. The molecule has 0 aliphatic rings. The molecule has 0 heterocycles. The van der Waals surface area contributed by atoms with Gasteiger partial charge in [-0.1, -0.05) is 22.0 Å². The second-order valence-electron chi connectivity index (χ2n) is 5.12. The Balaban J connectivity index is 2.12. The Hall–Kier alpha value is -3.14. The highest BCUT2D eigenvalue weighted by Crippen LogP contribution is 2.34. The van der Waals surface area contributed by atoms with Crippen LogP contribution in [0.2, 0.25) is 0 Å². The number of nitrogens with one attached hydrogen (secondary N) is 1. The summed E-state index contributed by atoms with van der Waals surface area (Å²) in [6, 6.07) is 9.01. The van der Waals surface area contributed by atoms with Gasteiger partial charge in [-0.15, -0.1) is 0 Å². The fourth-order valence-electron chi connectivity index (χ4n) is 2.15. The van der Waals surface area contributed by atoms with Crippen LogP contribution in [0.1, 0.15) is 10.4 Å². The number of nitrogens with zero attached hydrogens (tertiary/aromatic N) is 1. The van der Waals surface area contributed by atoms with Gasteiger partial charge in [-0.25, -0.2) is 4.79 Å². The monoisotopic (exact) mass is 438 g/mol. The van der Waals surface area contributed by atoms with Crippen LogP contribution in [0.4, 0.5) is 11.4 Å². The first-order valence-corrected chi connectivity index (χ1v) is 8.28. The lowest BCUT2D eigenvalue weighted by Crippen LogP contribution is -2.21. The smallest absolute Gasteiger partial charge is 0.345 e. The predicted octanol–water partition coefficient (Wildman–Crippen LogP) is 3.17. The number of hydrogen-bond acceptors (Lipinski definition) is 7. The van der Waals surface area contributed by atoms with Crippen molar-refractivity contribution in [2.75, 3.05) is 26.1 Å². The lowest BCUT2D eigenvalue weighted by Gasteiger charge is -2.10. The van der Waals surface area contributed by atoms with E-state index in [0.717, 1.165) is 16.6 Å². The van der Waals surface area contributed by atoms with Crippen LogP contribution in [0.15, 0.2) is 40.9 Å². The Labute approximate surface area is 162 Å². The first-order valence-electron chi connectivity index (χ1n) is 7.48. The molecule has 0 aromatic heterocycles. The fraction of sp³-hybridized carbons (Fsp3) is 0.176. The van der Waals surface area contributed by atoms with Gasteiger partial charge >= 0.3 is 5.97 Å². The molecule has 10 heteroatoms. The number of benzene rings is 2. The molecule has 9 nitrogen and oxygen atoms in total. The summed E-state index contributed by atoms with van der Waals surface area (Å²) in [6.45, 7) is -0.614. The number of esters is 1. The molecule has 0 unspecified atom stereocenters. The van der Waals surface area contributed by atoms with E-state index in [4.69, 9.17) is 14.2 Å². The Morgan fingerprint density at radius 3 is 2.41 bits per heavy atom. The van der Waals surface area contributed by atoms with Crippen LogP contribution in [0.25, 0.3) is 0 Å². The number of hydrogen-bond donors (Lipinski definition) is 1. The zero-order valence-electron chi connectivity index (χ0n) is 14.4. The number of carbonyl (C=O) groups excluding carboxylic acids is 2. The van der Waals surface area contributed by atoms with E-state index >= 15 is 0 Å². The van der Waals surface area contributed by atoms with Crippen LogP contribution in [-0.2, 0) is 9.53 Å². The lowest BCUT2D eigenvalue weighted by atomic mass is 10.1. The summed E-state index contributed by atoms with van der Waals surface area (Å²) in [5, 5.41) is 13.8. The second-order valence-corrected chi connectivity index (χ2v) is 6.03. The van der Waals surface area contributed by atoms with Crippen molar-refractivity contribution in [2.24, 2.45) is 0 Å². The summed E-state index contributed by atoms with van der Waals surface area (Å²) in [5.74, 6) is -1.42. The van der Waals surface area contributed by atoms with E-state index in [1.54, 1.807) is 24.3 Å². The Kier molecular flexibility index (Phi) is 6.72. The van der Waals surface area contributed by atoms with Gasteiger partial charge in [-0.05, 0) is 18.2 Å². The van der Waals surface area contributed by atoms with Crippen molar-refractivity contribution in [3.05, 3.63) is 56.5 Å². The first kappa shape index (κ1) is 20.2. The van der Waals surface area contributed by atoms with Gasteiger partial charge in [0.2, 0.25) is 0 Å². The van der Waals surface area contributed by atoms with Crippen molar-refractivity contribution < 1.29 is 28.7 Å². The molecule has 0 radical (unpaired) electrons. The maximum absolute atomic E-state index is 12.2. The highest BCUT2D eigenvalue weighted by atomic mass is 79.9. The van der Waals surface area contributed by atoms with Crippen molar-refractivity contribution in [3.8, 4) is 11.5 Å². The third-order valence-electron chi connectivity index (χ3n) is 3.36. The van der Waals surface area contributed by atoms with Crippen molar-refractivity contribution >= 4 is 39.2 Å². The molecule has 0 aliphatic carbocycles. The normalized spacial score (nSPS) is 10.0. The topological polar surface area (TPSA) is 117 Å². The summed E-state index contributed by atoms with van der Waals surface area (Å²) in [4.78, 5) is 34.6. The van der Waals surface area contributed by atoms with Crippen molar-refractivity contribution in [2.45, 2.75) is 0 Å². The molecule has 0 aliphatic heterocycles.